The molecular weight excluding hydrogens is 352 g/mol. The Hall–Kier alpha value is -2.60. The van der Waals surface area contributed by atoms with Crippen LogP contribution in [-0.2, 0) is 13.0 Å². The van der Waals surface area contributed by atoms with Crippen LogP contribution in [0.2, 0.25) is 5.02 Å². The normalized spacial score (nSPS) is 16.7. The predicted octanol–water partition coefficient (Wildman–Crippen LogP) is 2.68. The van der Waals surface area contributed by atoms with Gasteiger partial charge in [0, 0.05) is 43.8 Å². The third kappa shape index (κ3) is 2.61. The lowest BCUT2D eigenvalue weighted by Crippen LogP contribution is -2.37. The number of rotatable bonds is 2. The van der Waals surface area contributed by atoms with Gasteiger partial charge in [-0.25, -0.2) is 4.98 Å². The van der Waals surface area contributed by atoms with Crippen LogP contribution in [0.4, 0.5) is 0 Å². The zero-order valence-corrected chi connectivity index (χ0v) is 14.8. The van der Waals surface area contributed by atoms with Crippen molar-refractivity contribution in [2.45, 2.75) is 31.8 Å². The molecule has 1 aliphatic heterocycles. The summed E-state index contributed by atoms with van der Waals surface area (Å²) < 4.78 is 3.58. The van der Waals surface area contributed by atoms with Crippen molar-refractivity contribution in [2.24, 2.45) is 0 Å². The molecule has 0 atom stereocenters. The van der Waals surface area contributed by atoms with Crippen molar-refractivity contribution < 1.29 is 4.79 Å². The Bertz CT molecular complexity index is 1100. The van der Waals surface area contributed by atoms with E-state index in [1.807, 2.05) is 10.8 Å². The highest BCUT2D eigenvalue weighted by molar-refractivity contribution is 6.30. The Morgan fingerprint density at radius 1 is 1.15 bits per heavy atom. The van der Waals surface area contributed by atoms with Crippen molar-refractivity contribution >= 4 is 23.2 Å². The summed E-state index contributed by atoms with van der Waals surface area (Å²) in [6, 6.07) is 5.62. The van der Waals surface area contributed by atoms with Crippen LogP contribution in [0.25, 0.3) is 5.65 Å². The number of carbonyl (C=O) groups excluding carboxylic acids is 1. The maximum absolute atomic E-state index is 12.9. The second kappa shape index (κ2) is 5.71. The average molecular weight is 369 g/mol. The third-order valence-corrected chi connectivity index (χ3v) is 5.36. The molecule has 1 saturated carbocycles. The summed E-state index contributed by atoms with van der Waals surface area (Å²) >= 11 is 6.00. The molecule has 7 heteroatoms. The molecule has 0 saturated heterocycles. The van der Waals surface area contributed by atoms with Gasteiger partial charge in [0.25, 0.3) is 11.5 Å². The SMILES string of the molecule is O=C(c1cn2cc(Cl)ccc2n1)N1CCc2cc(=O)n(C3CC3)cc2C1. The summed E-state index contributed by atoms with van der Waals surface area (Å²) in [5, 5.41) is 0.596. The first-order valence-corrected chi connectivity index (χ1v) is 9.14. The van der Waals surface area contributed by atoms with Gasteiger partial charge < -0.3 is 13.9 Å². The molecule has 0 unspecified atom stereocenters. The van der Waals surface area contributed by atoms with Crippen LogP contribution in [0, 0.1) is 0 Å². The lowest BCUT2D eigenvalue weighted by atomic mass is 10.0. The molecule has 0 aromatic carbocycles. The molecular formula is C19H17ClN4O2. The first-order valence-electron chi connectivity index (χ1n) is 8.76. The number of aromatic nitrogens is 3. The number of imidazole rings is 1. The van der Waals surface area contributed by atoms with Crippen LogP contribution in [0.3, 0.4) is 0 Å². The summed E-state index contributed by atoms with van der Waals surface area (Å²) in [7, 11) is 0. The van der Waals surface area contributed by atoms with E-state index in [1.165, 1.54) is 0 Å². The van der Waals surface area contributed by atoms with Gasteiger partial charge in [-0.2, -0.15) is 0 Å². The minimum Gasteiger partial charge on any atom is -0.333 e. The molecule has 1 amide bonds. The van der Waals surface area contributed by atoms with Crippen molar-refractivity contribution in [3.05, 3.63) is 69.0 Å². The van der Waals surface area contributed by atoms with E-state index < -0.39 is 0 Å². The average Bonchev–Trinajstić information content (AvgIpc) is 3.39. The standard InChI is InChI=1S/C19H17ClN4O2/c20-14-1-4-17-21-16(11-23(17)10-14)19(26)22-6-5-12-7-18(25)24(15-2-3-15)9-13(12)8-22/h1,4,7,9-11,15H,2-3,5-6,8H2. The third-order valence-electron chi connectivity index (χ3n) is 5.13. The van der Waals surface area contributed by atoms with E-state index in [1.54, 1.807) is 39.9 Å². The van der Waals surface area contributed by atoms with E-state index in [0.29, 0.717) is 41.9 Å². The van der Waals surface area contributed by atoms with Crippen LogP contribution >= 0.6 is 11.6 Å². The molecule has 0 spiro atoms. The summed E-state index contributed by atoms with van der Waals surface area (Å²) in [4.78, 5) is 31.3. The fourth-order valence-electron chi connectivity index (χ4n) is 3.59. The lowest BCUT2D eigenvalue weighted by molar-refractivity contribution is 0.0729. The van der Waals surface area contributed by atoms with Crippen LogP contribution in [0.5, 0.6) is 0 Å². The van der Waals surface area contributed by atoms with Crippen molar-refractivity contribution in [2.75, 3.05) is 6.54 Å². The molecule has 5 rings (SSSR count). The number of pyridine rings is 2. The van der Waals surface area contributed by atoms with Crippen molar-refractivity contribution in [1.82, 2.24) is 18.9 Å². The minimum absolute atomic E-state index is 0.0725. The van der Waals surface area contributed by atoms with Crippen molar-refractivity contribution in [3.8, 4) is 0 Å². The number of carbonyl (C=O) groups is 1. The van der Waals surface area contributed by atoms with E-state index in [2.05, 4.69) is 4.98 Å². The summed E-state index contributed by atoms with van der Waals surface area (Å²) in [6.07, 6.45) is 8.21. The van der Waals surface area contributed by atoms with Crippen LogP contribution in [0.1, 0.15) is 40.5 Å². The van der Waals surface area contributed by atoms with Gasteiger partial charge in [-0.05, 0) is 42.5 Å². The zero-order chi connectivity index (χ0) is 17.8. The molecule has 0 bridgehead atoms. The fraction of sp³-hybridized carbons (Fsp3) is 0.316. The number of amides is 1. The van der Waals surface area contributed by atoms with Gasteiger partial charge in [0.2, 0.25) is 0 Å². The molecule has 132 valence electrons. The molecule has 4 heterocycles. The summed E-state index contributed by atoms with van der Waals surface area (Å²) in [5.41, 5.74) is 3.29. The molecule has 3 aromatic rings. The monoisotopic (exact) mass is 368 g/mol. The summed E-state index contributed by atoms with van der Waals surface area (Å²) in [6.45, 7) is 1.10. The number of hydrogen-bond acceptors (Lipinski definition) is 3. The van der Waals surface area contributed by atoms with E-state index in [9.17, 15) is 9.59 Å². The van der Waals surface area contributed by atoms with Gasteiger partial charge in [-0.15, -0.1) is 0 Å². The minimum atomic E-state index is -0.0976. The van der Waals surface area contributed by atoms with Gasteiger partial charge in [-0.3, -0.25) is 9.59 Å². The van der Waals surface area contributed by atoms with Gasteiger partial charge >= 0.3 is 0 Å². The van der Waals surface area contributed by atoms with Gasteiger partial charge in [0.1, 0.15) is 11.3 Å². The van der Waals surface area contributed by atoms with Crippen molar-refractivity contribution in [3.63, 3.8) is 0 Å². The highest BCUT2D eigenvalue weighted by atomic mass is 35.5. The Morgan fingerprint density at radius 2 is 2.00 bits per heavy atom. The predicted molar refractivity (Wildman–Crippen MR) is 97.6 cm³/mol. The number of fused-ring (bicyclic) bond motifs is 2. The molecule has 1 fully saturated rings. The fourth-order valence-corrected chi connectivity index (χ4v) is 3.76. The maximum atomic E-state index is 12.9. The van der Waals surface area contributed by atoms with Crippen LogP contribution in [0.15, 0.2) is 41.6 Å². The van der Waals surface area contributed by atoms with E-state index in [4.69, 9.17) is 11.6 Å². The highest BCUT2D eigenvalue weighted by Crippen LogP contribution is 2.34. The topological polar surface area (TPSA) is 59.6 Å². The Kier molecular flexibility index (Phi) is 3.43. The van der Waals surface area contributed by atoms with E-state index in [-0.39, 0.29) is 11.5 Å². The molecule has 3 aromatic heterocycles. The smallest absolute Gasteiger partial charge is 0.274 e. The summed E-state index contributed by atoms with van der Waals surface area (Å²) in [5.74, 6) is -0.0976. The Labute approximate surface area is 154 Å². The number of hydrogen-bond donors (Lipinski definition) is 0. The van der Waals surface area contributed by atoms with E-state index in [0.717, 1.165) is 24.0 Å². The molecule has 2 aliphatic rings. The van der Waals surface area contributed by atoms with Gasteiger partial charge in [-0.1, -0.05) is 11.6 Å². The lowest BCUT2D eigenvalue weighted by Gasteiger charge is -2.28. The molecule has 26 heavy (non-hydrogen) atoms. The molecule has 0 N–H and O–H groups in total. The molecule has 6 nitrogen and oxygen atoms in total. The van der Waals surface area contributed by atoms with Crippen LogP contribution in [-0.4, -0.2) is 31.3 Å². The zero-order valence-electron chi connectivity index (χ0n) is 14.1. The highest BCUT2D eigenvalue weighted by Gasteiger charge is 2.28. The Balaban J connectivity index is 1.44. The van der Waals surface area contributed by atoms with Crippen molar-refractivity contribution in [1.29, 1.82) is 0 Å². The molecule has 0 radical (unpaired) electrons. The second-order valence-corrected chi connectivity index (χ2v) is 7.45. The number of halogens is 1. The van der Waals surface area contributed by atoms with E-state index >= 15 is 0 Å². The van der Waals surface area contributed by atoms with Gasteiger partial charge in [0.15, 0.2) is 0 Å². The first-order chi connectivity index (χ1) is 12.6. The van der Waals surface area contributed by atoms with Crippen LogP contribution < -0.4 is 5.56 Å². The first kappa shape index (κ1) is 15.6. The maximum Gasteiger partial charge on any atom is 0.274 e. The van der Waals surface area contributed by atoms with Gasteiger partial charge in [0.05, 0.1) is 5.02 Å². The number of nitrogens with zero attached hydrogens (tertiary/aromatic N) is 4. The Morgan fingerprint density at radius 3 is 2.81 bits per heavy atom. The molecule has 1 aliphatic carbocycles. The quantitative estimate of drug-likeness (QED) is 0.698. The largest absolute Gasteiger partial charge is 0.333 e. The second-order valence-electron chi connectivity index (χ2n) is 7.02.